The van der Waals surface area contributed by atoms with Crippen molar-refractivity contribution in [1.82, 2.24) is 19.3 Å². The van der Waals surface area contributed by atoms with Crippen molar-refractivity contribution in [2.75, 3.05) is 5.32 Å². The third kappa shape index (κ3) is 2.73. The molecule has 0 aliphatic rings. The quantitative estimate of drug-likeness (QED) is 0.875. The number of hydrogen-bond donors (Lipinski definition) is 1. The monoisotopic (exact) mass is 235 g/mol. The molecule has 0 saturated carbocycles. The van der Waals surface area contributed by atoms with Crippen LogP contribution in [0, 0.1) is 6.92 Å². The Bertz CT molecular complexity index is 450. The lowest BCUT2D eigenvalue weighted by molar-refractivity contribution is 0.966. The molecule has 6 heteroatoms. The van der Waals surface area contributed by atoms with E-state index in [2.05, 4.69) is 24.6 Å². The van der Waals surface area contributed by atoms with Crippen LogP contribution in [0.2, 0.25) is 0 Å². The molecule has 84 valence electrons. The van der Waals surface area contributed by atoms with Gasteiger partial charge in [0.05, 0.1) is 24.1 Å². The Labute approximate surface area is 98.2 Å². The van der Waals surface area contributed by atoms with Gasteiger partial charge in [0.15, 0.2) is 0 Å². The van der Waals surface area contributed by atoms with Crippen molar-refractivity contribution in [3.8, 4) is 0 Å². The van der Waals surface area contributed by atoms with Crippen LogP contribution in [0.5, 0.6) is 0 Å². The molecule has 1 N–H and O–H groups in total. The lowest BCUT2D eigenvalue weighted by Gasteiger charge is -2.00. The highest BCUT2D eigenvalue weighted by atomic mass is 32.1. The van der Waals surface area contributed by atoms with Crippen LogP contribution in [0.4, 0.5) is 5.13 Å². The van der Waals surface area contributed by atoms with Crippen LogP contribution in [0.25, 0.3) is 0 Å². The fraction of sp³-hybridized carbons (Fsp3) is 0.400. The molecule has 0 bridgehead atoms. The molecule has 0 aromatic carbocycles. The predicted molar refractivity (Wildman–Crippen MR) is 63.4 cm³/mol. The average Bonchev–Trinajstić information content (AvgIpc) is 2.76. The van der Waals surface area contributed by atoms with Gasteiger partial charge in [-0.2, -0.15) is 4.37 Å². The Hall–Kier alpha value is -1.56. The van der Waals surface area contributed by atoms with Gasteiger partial charge in [-0.05, 0) is 6.92 Å². The van der Waals surface area contributed by atoms with Crippen molar-refractivity contribution in [1.29, 1.82) is 0 Å². The maximum atomic E-state index is 4.31. The first-order valence-electron chi connectivity index (χ1n) is 5.12. The molecule has 2 rings (SSSR count). The van der Waals surface area contributed by atoms with E-state index in [1.807, 2.05) is 13.8 Å². The Morgan fingerprint density at radius 2 is 2.19 bits per heavy atom. The Morgan fingerprint density at radius 1 is 1.31 bits per heavy atom. The van der Waals surface area contributed by atoms with Gasteiger partial charge >= 0.3 is 0 Å². The third-order valence-corrected chi connectivity index (χ3v) is 2.75. The van der Waals surface area contributed by atoms with E-state index in [1.54, 1.807) is 12.4 Å². The molecule has 0 atom stereocenters. The van der Waals surface area contributed by atoms with E-state index < -0.39 is 0 Å². The second kappa shape index (κ2) is 4.98. The molecule has 0 aliphatic carbocycles. The van der Waals surface area contributed by atoms with Crippen LogP contribution in [0.1, 0.15) is 24.1 Å². The maximum absolute atomic E-state index is 4.31. The maximum Gasteiger partial charge on any atom is 0.202 e. The van der Waals surface area contributed by atoms with E-state index in [-0.39, 0.29) is 0 Å². The number of anilines is 1. The van der Waals surface area contributed by atoms with Crippen molar-refractivity contribution in [3.05, 3.63) is 29.6 Å². The zero-order chi connectivity index (χ0) is 11.4. The summed E-state index contributed by atoms with van der Waals surface area (Å²) in [6, 6.07) is 0. The summed E-state index contributed by atoms with van der Waals surface area (Å²) < 4.78 is 4.19. The van der Waals surface area contributed by atoms with Gasteiger partial charge in [-0.3, -0.25) is 9.97 Å². The number of hydrogen-bond acceptors (Lipinski definition) is 6. The molecule has 2 aromatic rings. The van der Waals surface area contributed by atoms with E-state index in [4.69, 9.17) is 0 Å². The summed E-state index contributed by atoms with van der Waals surface area (Å²) in [5.74, 6) is 0.877. The summed E-state index contributed by atoms with van der Waals surface area (Å²) in [4.78, 5) is 12.7. The minimum Gasteiger partial charge on any atom is -0.355 e. The van der Waals surface area contributed by atoms with Gasteiger partial charge in [0.1, 0.15) is 5.82 Å². The lowest BCUT2D eigenvalue weighted by atomic mass is 10.4. The number of nitrogens with zero attached hydrogens (tertiary/aromatic N) is 4. The van der Waals surface area contributed by atoms with E-state index in [9.17, 15) is 0 Å². The van der Waals surface area contributed by atoms with Crippen molar-refractivity contribution in [2.24, 2.45) is 0 Å². The molecular weight excluding hydrogens is 222 g/mol. The smallest absolute Gasteiger partial charge is 0.202 e. The minimum atomic E-state index is 0.631. The zero-order valence-corrected chi connectivity index (χ0v) is 10.1. The number of aromatic nitrogens is 4. The molecule has 0 fully saturated rings. The van der Waals surface area contributed by atoms with Crippen LogP contribution < -0.4 is 5.32 Å². The highest BCUT2D eigenvalue weighted by Crippen LogP contribution is 2.11. The van der Waals surface area contributed by atoms with E-state index in [0.29, 0.717) is 6.54 Å². The molecule has 0 aliphatic heterocycles. The zero-order valence-electron chi connectivity index (χ0n) is 9.27. The van der Waals surface area contributed by atoms with Crippen LogP contribution in [0.3, 0.4) is 0 Å². The molecule has 5 nitrogen and oxygen atoms in total. The van der Waals surface area contributed by atoms with Crippen LogP contribution >= 0.6 is 11.5 Å². The van der Waals surface area contributed by atoms with Crippen molar-refractivity contribution in [3.63, 3.8) is 0 Å². The van der Waals surface area contributed by atoms with E-state index >= 15 is 0 Å². The number of rotatable bonds is 4. The summed E-state index contributed by atoms with van der Waals surface area (Å²) in [5, 5.41) is 4.01. The summed E-state index contributed by atoms with van der Waals surface area (Å²) in [7, 11) is 0. The first-order valence-corrected chi connectivity index (χ1v) is 5.89. The summed E-state index contributed by atoms with van der Waals surface area (Å²) in [6.07, 6.45) is 4.39. The third-order valence-electron chi connectivity index (χ3n) is 2.04. The standard InChI is InChI=1S/C10H13N5S/c1-3-9-14-10(16-15-9)13-6-8-5-11-7(2)4-12-8/h4-5H,3,6H2,1-2H3,(H,13,14,15). The van der Waals surface area contributed by atoms with Crippen LogP contribution in [0.15, 0.2) is 12.4 Å². The second-order valence-electron chi connectivity index (χ2n) is 3.37. The average molecular weight is 235 g/mol. The first-order chi connectivity index (χ1) is 7.78. The molecular formula is C10H13N5S. The second-order valence-corrected chi connectivity index (χ2v) is 4.12. The molecule has 0 spiro atoms. The minimum absolute atomic E-state index is 0.631. The van der Waals surface area contributed by atoms with Gasteiger partial charge in [-0.25, -0.2) is 4.98 Å². The van der Waals surface area contributed by atoms with Crippen molar-refractivity contribution < 1.29 is 0 Å². The highest BCUT2D eigenvalue weighted by molar-refractivity contribution is 7.09. The van der Waals surface area contributed by atoms with Crippen molar-refractivity contribution >= 4 is 16.7 Å². The van der Waals surface area contributed by atoms with Gasteiger partial charge in [0.25, 0.3) is 0 Å². The SMILES string of the molecule is CCc1nsc(NCc2cnc(C)cn2)n1. The van der Waals surface area contributed by atoms with Gasteiger partial charge in [0.2, 0.25) is 5.13 Å². The molecule has 0 saturated heterocycles. The van der Waals surface area contributed by atoms with E-state index in [1.165, 1.54) is 11.5 Å². The van der Waals surface area contributed by atoms with E-state index in [0.717, 1.165) is 28.8 Å². The van der Waals surface area contributed by atoms with Crippen LogP contribution in [-0.4, -0.2) is 19.3 Å². The largest absolute Gasteiger partial charge is 0.355 e. The molecule has 0 amide bonds. The highest BCUT2D eigenvalue weighted by Gasteiger charge is 2.02. The number of nitrogens with one attached hydrogen (secondary N) is 1. The molecule has 16 heavy (non-hydrogen) atoms. The molecule has 0 radical (unpaired) electrons. The van der Waals surface area contributed by atoms with Gasteiger partial charge in [0, 0.05) is 24.2 Å². The van der Waals surface area contributed by atoms with Gasteiger partial charge in [-0.1, -0.05) is 6.92 Å². The van der Waals surface area contributed by atoms with Gasteiger partial charge in [-0.15, -0.1) is 0 Å². The Kier molecular flexibility index (Phi) is 3.40. The fourth-order valence-corrected chi connectivity index (χ4v) is 1.79. The molecule has 2 heterocycles. The van der Waals surface area contributed by atoms with Crippen molar-refractivity contribution in [2.45, 2.75) is 26.8 Å². The predicted octanol–water partition coefficient (Wildman–Crippen LogP) is 1.81. The van der Waals surface area contributed by atoms with Crippen LogP contribution in [-0.2, 0) is 13.0 Å². The summed E-state index contributed by atoms with van der Waals surface area (Å²) in [6.45, 7) is 4.59. The number of aryl methyl sites for hydroxylation is 2. The Balaban J connectivity index is 1.94. The fourth-order valence-electron chi connectivity index (χ4n) is 1.15. The normalized spacial score (nSPS) is 10.4. The first kappa shape index (κ1) is 10.9. The summed E-state index contributed by atoms with van der Waals surface area (Å²) in [5.41, 5.74) is 1.83. The molecule has 2 aromatic heterocycles. The lowest BCUT2D eigenvalue weighted by Crippen LogP contribution is -2.02. The molecule has 0 unspecified atom stereocenters. The topological polar surface area (TPSA) is 63.6 Å². The van der Waals surface area contributed by atoms with Gasteiger partial charge < -0.3 is 5.32 Å². The Morgan fingerprint density at radius 3 is 2.81 bits per heavy atom. The summed E-state index contributed by atoms with van der Waals surface area (Å²) >= 11 is 1.38.